The summed E-state index contributed by atoms with van der Waals surface area (Å²) in [5.74, 6) is 1.96. The monoisotopic (exact) mass is 393 g/mol. The number of rotatable bonds is 9. The first-order valence-electron chi connectivity index (χ1n) is 10.4. The van der Waals surface area contributed by atoms with Crippen molar-refractivity contribution < 1.29 is 9.53 Å². The van der Waals surface area contributed by atoms with Crippen molar-refractivity contribution in [3.63, 3.8) is 0 Å². The Hall–Kier alpha value is -2.82. The van der Waals surface area contributed by atoms with Gasteiger partial charge < -0.3 is 14.6 Å². The van der Waals surface area contributed by atoms with Crippen molar-refractivity contribution in [3.8, 4) is 5.75 Å². The Balaban J connectivity index is 1.94. The van der Waals surface area contributed by atoms with Crippen molar-refractivity contribution in [2.45, 2.75) is 52.6 Å². The number of methoxy groups -OCH3 is 1. The van der Waals surface area contributed by atoms with E-state index in [1.165, 1.54) is 0 Å². The zero-order chi connectivity index (χ0) is 20.8. The molecule has 1 N–H and O–H groups in total. The topological polar surface area (TPSA) is 56.2 Å². The lowest BCUT2D eigenvalue weighted by Gasteiger charge is -2.23. The summed E-state index contributed by atoms with van der Waals surface area (Å²) in [6, 6.07) is 15.6. The standard InChI is InChI=1S/C24H31N3O2/c1-5-6-14-27-21-16-19(29-4)12-13-20(21)25-24(27)23(17(2)3)26-22(28)15-18-10-8-7-9-11-18/h7-13,16-17,23H,5-6,14-15H2,1-4H3,(H,26,28). The number of aromatic nitrogens is 2. The van der Waals surface area contributed by atoms with Gasteiger partial charge in [-0.3, -0.25) is 4.79 Å². The molecule has 29 heavy (non-hydrogen) atoms. The third-order valence-electron chi connectivity index (χ3n) is 5.19. The van der Waals surface area contributed by atoms with Crippen molar-refractivity contribution in [2.24, 2.45) is 5.92 Å². The van der Waals surface area contributed by atoms with Gasteiger partial charge in [0.05, 0.1) is 30.6 Å². The summed E-state index contributed by atoms with van der Waals surface area (Å²) in [6.07, 6.45) is 2.52. The van der Waals surface area contributed by atoms with Crippen LogP contribution in [0.5, 0.6) is 5.75 Å². The Morgan fingerprint density at radius 1 is 1.17 bits per heavy atom. The van der Waals surface area contributed by atoms with Gasteiger partial charge in [-0.15, -0.1) is 0 Å². The molecule has 1 heterocycles. The molecule has 0 bridgehead atoms. The zero-order valence-electron chi connectivity index (χ0n) is 17.8. The number of carbonyl (C=O) groups excluding carboxylic acids is 1. The summed E-state index contributed by atoms with van der Waals surface area (Å²) >= 11 is 0. The number of nitrogens with zero attached hydrogens (tertiary/aromatic N) is 2. The number of hydrogen-bond donors (Lipinski definition) is 1. The van der Waals surface area contributed by atoms with Gasteiger partial charge in [0.15, 0.2) is 0 Å². The van der Waals surface area contributed by atoms with Crippen LogP contribution in [-0.2, 0) is 17.8 Å². The maximum Gasteiger partial charge on any atom is 0.225 e. The van der Waals surface area contributed by atoms with E-state index >= 15 is 0 Å². The molecule has 0 radical (unpaired) electrons. The Morgan fingerprint density at radius 3 is 2.59 bits per heavy atom. The van der Waals surface area contributed by atoms with Gasteiger partial charge in [-0.25, -0.2) is 4.98 Å². The van der Waals surface area contributed by atoms with Gasteiger partial charge in [0.25, 0.3) is 0 Å². The van der Waals surface area contributed by atoms with Crippen molar-refractivity contribution in [1.82, 2.24) is 14.9 Å². The maximum atomic E-state index is 12.8. The molecule has 0 spiro atoms. The second kappa shape index (κ2) is 9.59. The average Bonchev–Trinajstić information content (AvgIpc) is 3.08. The molecule has 0 fully saturated rings. The minimum Gasteiger partial charge on any atom is -0.497 e. The highest BCUT2D eigenvalue weighted by Crippen LogP contribution is 2.28. The quantitative estimate of drug-likeness (QED) is 0.562. The second-order valence-corrected chi connectivity index (χ2v) is 7.78. The van der Waals surface area contributed by atoms with Crippen LogP contribution in [0.2, 0.25) is 0 Å². The predicted molar refractivity (Wildman–Crippen MR) is 117 cm³/mol. The largest absolute Gasteiger partial charge is 0.497 e. The smallest absolute Gasteiger partial charge is 0.225 e. The highest BCUT2D eigenvalue weighted by Gasteiger charge is 2.25. The van der Waals surface area contributed by atoms with E-state index in [1.807, 2.05) is 48.5 Å². The first kappa shape index (κ1) is 20.9. The molecule has 1 atom stereocenters. The summed E-state index contributed by atoms with van der Waals surface area (Å²) in [5, 5.41) is 3.23. The molecule has 1 aromatic heterocycles. The molecular weight excluding hydrogens is 362 g/mol. The third kappa shape index (κ3) is 4.97. The molecule has 1 unspecified atom stereocenters. The van der Waals surface area contributed by atoms with Crippen molar-refractivity contribution in [1.29, 1.82) is 0 Å². The summed E-state index contributed by atoms with van der Waals surface area (Å²) < 4.78 is 7.66. The van der Waals surface area contributed by atoms with Crippen LogP contribution in [0.3, 0.4) is 0 Å². The molecule has 154 valence electrons. The molecular formula is C24H31N3O2. The van der Waals surface area contributed by atoms with Gasteiger partial charge in [0.2, 0.25) is 5.91 Å². The minimum absolute atomic E-state index is 0.0154. The highest BCUT2D eigenvalue weighted by molar-refractivity contribution is 5.80. The Morgan fingerprint density at radius 2 is 1.93 bits per heavy atom. The first-order valence-corrected chi connectivity index (χ1v) is 10.4. The molecule has 3 rings (SSSR count). The number of nitrogens with one attached hydrogen (secondary N) is 1. The van der Waals surface area contributed by atoms with E-state index in [2.05, 4.69) is 30.7 Å². The molecule has 2 aromatic carbocycles. The number of carbonyl (C=O) groups is 1. The maximum absolute atomic E-state index is 12.8. The molecule has 0 aliphatic carbocycles. The van der Waals surface area contributed by atoms with Crippen LogP contribution in [0.1, 0.15) is 51.0 Å². The van der Waals surface area contributed by atoms with Gasteiger partial charge >= 0.3 is 0 Å². The third-order valence-corrected chi connectivity index (χ3v) is 5.19. The molecule has 0 saturated heterocycles. The lowest BCUT2D eigenvalue weighted by Crippen LogP contribution is -2.34. The molecule has 3 aromatic rings. The Bertz CT molecular complexity index is 947. The fourth-order valence-corrected chi connectivity index (χ4v) is 3.57. The van der Waals surface area contributed by atoms with Gasteiger partial charge in [0, 0.05) is 12.6 Å². The van der Waals surface area contributed by atoms with Crippen LogP contribution < -0.4 is 10.1 Å². The predicted octanol–water partition coefficient (Wildman–Crippen LogP) is 4.90. The van der Waals surface area contributed by atoms with Crippen molar-refractivity contribution >= 4 is 16.9 Å². The molecule has 5 heteroatoms. The number of benzene rings is 2. The highest BCUT2D eigenvalue weighted by atomic mass is 16.5. The van der Waals surface area contributed by atoms with E-state index in [-0.39, 0.29) is 17.9 Å². The SMILES string of the molecule is CCCCn1c(C(NC(=O)Cc2ccccc2)C(C)C)nc2ccc(OC)cc21. The van der Waals surface area contributed by atoms with Crippen molar-refractivity contribution in [3.05, 3.63) is 59.9 Å². The number of aryl methyl sites for hydroxylation is 1. The first-order chi connectivity index (χ1) is 14.0. The molecule has 5 nitrogen and oxygen atoms in total. The lowest BCUT2D eigenvalue weighted by atomic mass is 10.0. The van der Waals surface area contributed by atoms with Crippen LogP contribution in [0, 0.1) is 5.92 Å². The van der Waals surface area contributed by atoms with Crippen LogP contribution >= 0.6 is 0 Å². The Labute approximate surface area is 173 Å². The summed E-state index contributed by atoms with van der Waals surface area (Å²) in [4.78, 5) is 17.7. The molecule has 0 aliphatic heterocycles. The van der Waals surface area contributed by atoms with Crippen LogP contribution in [0.25, 0.3) is 11.0 Å². The van der Waals surface area contributed by atoms with E-state index < -0.39 is 0 Å². The van der Waals surface area contributed by atoms with E-state index in [9.17, 15) is 4.79 Å². The number of ether oxygens (including phenoxy) is 1. The minimum atomic E-state index is -0.151. The summed E-state index contributed by atoms with van der Waals surface area (Å²) in [7, 11) is 1.68. The fraction of sp³-hybridized carbons (Fsp3) is 0.417. The number of amides is 1. The normalized spacial score (nSPS) is 12.3. The van der Waals surface area contributed by atoms with Gasteiger partial charge in [0.1, 0.15) is 11.6 Å². The van der Waals surface area contributed by atoms with Crippen LogP contribution in [-0.4, -0.2) is 22.6 Å². The van der Waals surface area contributed by atoms with Crippen molar-refractivity contribution in [2.75, 3.05) is 7.11 Å². The fourth-order valence-electron chi connectivity index (χ4n) is 3.57. The van der Waals surface area contributed by atoms with Gasteiger partial charge in [-0.05, 0) is 30.0 Å². The summed E-state index contributed by atoms with van der Waals surface area (Å²) in [6.45, 7) is 7.29. The van der Waals surface area contributed by atoms with Gasteiger partial charge in [-0.1, -0.05) is 57.5 Å². The zero-order valence-corrected chi connectivity index (χ0v) is 17.8. The Kier molecular flexibility index (Phi) is 6.91. The number of fused-ring (bicyclic) bond motifs is 1. The molecule has 0 saturated carbocycles. The molecule has 1 amide bonds. The average molecular weight is 394 g/mol. The van der Waals surface area contributed by atoms with E-state index in [1.54, 1.807) is 7.11 Å². The van der Waals surface area contributed by atoms with E-state index in [0.29, 0.717) is 6.42 Å². The van der Waals surface area contributed by atoms with E-state index in [4.69, 9.17) is 9.72 Å². The van der Waals surface area contributed by atoms with Gasteiger partial charge in [-0.2, -0.15) is 0 Å². The van der Waals surface area contributed by atoms with Crippen LogP contribution in [0.15, 0.2) is 48.5 Å². The second-order valence-electron chi connectivity index (χ2n) is 7.78. The number of imidazole rings is 1. The lowest BCUT2D eigenvalue weighted by molar-refractivity contribution is -0.121. The molecule has 0 aliphatic rings. The summed E-state index contributed by atoms with van der Waals surface area (Å²) in [5.41, 5.74) is 2.99. The number of unbranched alkanes of at least 4 members (excludes halogenated alkanes) is 1. The number of hydrogen-bond acceptors (Lipinski definition) is 3. The van der Waals surface area contributed by atoms with E-state index in [0.717, 1.165) is 47.6 Å². The van der Waals surface area contributed by atoms with Crippen LogP contribution in [0.4, 0.5) is 0 Å².